The van der Waals surface area contributed by atoms with Crippen molar-refractivity contribution in [1.82, 2.24) is 4.72 Å². The normalized spacial score (nSPS) is 11.9. The van der Waals surface area contributed by atoms with Crippen LogP contribution in [0, 0.1) is 18.3 Å². The lowest BCUT2D eigenvalue weighted by atomic mass is 10.2. The van der Waals surface area contributed by atoms with E-state index in [-0.39, 0.29) is 10.5 Å². The van der Waals surface area contributed by atoms with E-state index in [2.05, 4.69) is 10.0 Å². The van der Waals surface area contributed by atoms with Crippen LogP contribution in [0.1, 0.15) is 18.1 Å². The lowest BCUT2D eigenvalue weighted by Crippen LogP contribution is -2.36. The first kappa shape index (κ1) is 21.1. The summed E-state index contributed by atoms with van der Waals surface area (Å²) in [5.74, 6) is -1.47. The predicted molar refractivity (Wildman–Crippen MR) is 102 cm³/mol. The van der Waals surface area contributed by atoms with Crippen molar-refractivity contribution in [1.29, 1.82) is 5.26 Å². The molecule has 146 valence electrons. The van der Waals surface area contributed by atoms with Gasteiger partial charge in [0.25, 0.3) is 5.91 Å². The number of rotatable bonds is 7. The zero-order chi connectivity index (χ0) is 20.7. The van der Waals surface area contributed by atoms with Crippen LogP contribution in [0.4, 0.5) is 5.69 Å². The molecule has 0 aliphatic heterocycles. The second-order valence-electron chi connectivity index (χ2n) is 5.92. The number of hydrogen-bond donors (Lipinski definition) is 2. The number of sulfonamides is 1. The molecule has 0 aromatic heterocycles. The number of nitrogens with one attached hydrogen (secondary N) is 2. The first-order valence-corrected chi connectivity index (χ1v) is 9.77. The molecule has 0 unspecified atom stereocenters. The van der Waals surface area contributed by atoms with Crippen molar-refractivity contribution < 1.29 is 22.7 Å². The quantitative estimate of drug-likeness (QED) is 0.681. The van der Waals surface area contributed by atoms with Gasteiger partial charge in [0.05, 0.1) is 10.5 Å². The third-order valence-corrected chi connectivity index (χ3v) is 5.13. The molecule has 0 fully saturated rings. The molecule has 0 heterocycles. The fourth-order valence-electron chi connectivity index (χ4n) is 2.28. The van der Waals surface area contributed by atoms with Gasteiger partial charge in [0.15, 0.2) is 6.10 Å². The van der Waals surface area contributed by atoms with Crippen LogP contribution in [0.5, 0.6) is 0 Å². The van der Waals surface area contributed by atoms with Gasteiger partial charge in [-0.25, -0.2) is 8.42 Å². The van der Waals surface area contributed by atoms with E-state index >= 15 is 0 Å². The summed E-state index contributed by atoms with van der Waals surface area (Å²) in [6, 6.07) is 14.5. The van der Waals surface area contributed by atoms with Crippen molar-refractivity contribution >= 4 is 27.6 Å². The molecule has 0 saturated carbocycles. The van der Waals surface area contributed by atoms with Gasteiger partial charge < -0.3 is 10.1 Å². The number of benzene rings is 2. The van der Waals surface area contributed by atoms with Gasteiger partial charge in [0.1, 0.15) is 12.6 Å². The maximum absolute atomic E-state index is 12.3. The van der Waals surface area contributed by atoms with Gasteiger partial charge in [-0.1, -0.05) is 24.3 Å². The Hall–Kier alpha value is -3.22. The lowest BCUT2D eigenvalue weighted by Gasteiger charge is -2.14. The Labute approximate surface area is 163 Å². The van der Waals surface area contributed by atoms with E-state index in [9.17, 15) is 18.0 Å². The SMILES string of the molecule is Cc1cccc(NC(=O)[C@H](C)OC(=O)CNS(=O)(=O)c2ccccc2C#N)c1. The van der Waals surface area contributed by atoms with Crippen LogP contribution < -0.4 is 10.0 Å². The Morgan fingerprint density at radius 3 is 2.57 bits per heavy atom. The molecule has 0 saturated heterocycles. The highest BCUT2D eigenvalue weighted by Crippen LogP contribution is 2.14. The average molecular weight is 401 g/mol. The number of ether oxygens (including phenoxy) is 1. The van der Waals surface area contributed by atoms with E-state index < -0.39 is 34.5 Å². The van der Waals surface area contributed by atoms with Crippen LogP contribution in [0.2, 0.25) is 0 Å². The molecule has 0 radical (unpaired) electrons. The molecule has 9 heteroatoms. The summed E-state index contributed by atoms with van der Waals surface area (Å²) >= 11 is 0. The zero-order valence-electron chi connectivity index (χ0n) is 15.3. The molecule has 2 aromatic carbocycles. The number of carbonyl (C=O) groups excluding carboxylic acids is 2. The number of amides is 1. The predicted octanol–water partition coefficient (Wildman–Crippen LogP) is 1.72. The second kappa shape index (κ2) is 9.12. The molecule has 28 heavy (non-hydrogen) atoms. The molecule has 2 aromatic rings. The first-order chi connectivity index (χ1) is 13.2. The summed E-state index contributed by atoms with van der Waals surface area (Å²) < 4.78 is 31.5. The molecule has 0 aliphatic carbocycles. The van der Waals surface area contributed by atoms with Gasteiger partial charge in [-0.3, -0.25) is 9.59 Å². The molecular formula is C19H19N3O5S. The zero-order valence-corrected chi connectivity index (χ0v) is 16.1. The van der Waals surface area contributed by atoms with E-state index in [1.807, 2.05) is 13.0 Å². The van der Waals surface area contributed by atoms with Crippen LogP contribution in [-0.4, -0.2) is 32.9 Å². The van der Waals surface area contributed by atoms with Gasteiger partial charge in [-0.15, -0.1) is 0 Å². The number of anilines is 1. The summed E-state index contributed by atoms with van der Waals surface area (Å²) in [5.41, 5.74) is 1.46. The maximum atomic E-state index is 12.3. The molecule has 0 spiro atoms. The van der Waals surface area contributed by atoms with Crippen molar-refractivity contribution in [2.24, 2.45) is 0 Å². The average Bonchev–Trinajstić information content (AvgIpc) is 2.66. The van der Waals surface area contributed by atoms with Gasteiger partial charge >= 0.3 is 5.97 Å². The Bertz CT molecular complexity index is 1030. The minimum atomic E-state index is -4.08. The Morgan fingerprint density at radius 1 is 1.18 bits per heavy atom. The van der Waals surface area contributed by atoms with Crippen LogP contribution in [-0.2, 0) is 24.3 Å². The van der Waals surface area contributed by atoms with Crippen LogP contribution >= 0.6 is 0 Å². The molecule has 1 atom stereocenters. The number of carbonyl (C=O) groups is 2. The van der Waals surface area contributed by atoms with Crippen molar-refractivity contribution in [3.8, 4) is 6.07 Å². The standard InChI is InChI=1S/C19H19N3O5S/c1-13-6-5-8-16(10-13)22-19(24)14(2)27-18(23)12-21-28(25,26)17-9-4-3-7-15(17)11-20/h3-10,14,21H,12H2,1-2H3,(H,22,24)/t14-/m0/s1. The third-order valence-electron chi connectivity index (χ3n) is 3.67. The monoisotopic (exact) mass is 401 g/mol. The summed E-state index contributed by atoms with van der Waals surface area (Å²) in [5, 5.41) is 11.6. The highest BCUT2D eigenvalue weighted by molar-refractivity contribution is 7.89. The molecule has 2 N–H and O–H groups in total. The molecule has 0 aliphatic rings. The smallest absolute Gasteiger partial charge is 0.321 e. The van der Waals surface area contributed by atoms with Crippen LogP contribution in [0.3, 0.4) is 0 Å². The number of nitriles is 1. The van der Waals surface area contributed by atoms with Crippen LogP contribution in [0.25, 0.3) is 0 Å². The summed E-state index contributed by atoms with van der Waals surface area (Å²) in [7, 11) is -4.08. The number of aryl methyl sites for hydroxylation is 1. The van der Waals surface area contributed by atoms with E-state index in [4.69, 9.17) is 10.00 Å². The van der Waals surface area contributed by atoms with Crippen molar-refractivity contribution in [3.05, 3.63) is 59.7 Å². The number of nitrogens with zero attached hydrogens (tertiary/aromatic N) is 1. The maximum Gasteiger partial charge on any atom is 0.321 e. The number of esters is 1. The molecular weight excluding hydrogens is 382 g/mol. The fraction of sp³-hybridized carbons (Fsp3) is 0.211. The molecule has 2 rings (SSSR count). The van der Waals surface area contributed by atoms with Gasteiger partial charge in [0.2, 0.25) is 10.0 Å². The molecule has 0 bridgehead atoms. The number of hydrogen-bond acceptors (Lipinski definition) is 6. The summed E-state index contributed by atoms with van der Waals surface area (Å²) in [6.07, 6.45) is -1.12. The van der Waals surface area contributed by atoms with Gasteiger partial charge in [-0.2, -0.15) is 9.98 Å². The van der Waals surface area contributed by atoms with Crippen molar-refractivity contribution in [2.45, 2.75) is 24.8 Å². The lowest BCUT2D eigenvalue weighted by molar-refractivity contribution is -0.151. The second-order valence-corrected chi connectivity index (χ2v) is 7.66. The molecule has 8 nitrogen and oxygen atoms in total. The topological polar surface area (TPSA) is 125 Å². The van der Waals surface area contributed by atoms with E-state index in [0.29, 0.717) is 5.69 Å². The largest absolute Gasteiger partial charge is 0.452 e. The Kier molecular flexibility index (Phi) is 6.87. The highest BCUT2D eigenvalue weighted by Gasteiger charge is 2.22. The van der Waals surface area contributed by atoms with E-state index in [0.717, 1.165) is 5.56 Å². The summed E-state index contributed by atoms with van der Waals surface area (Å²) in [6.45, 7) is 2.57. The Morgan fingerprint density at radius 2 is 1.89 bits per heavy atom. The fourth-order valence-corrected chi connectivity index (χ4v) is 3.41. The minimum Gasteiger partial charge on any atom is -0.452 e. The van der Waals surface area contributed by atoms with E-state index in [1.54, 1.807) is 24.3 Å². The Balaban J connectivity index is 1.92. The van der Waals surface area contributed by atoms with Gasteiger partial charge in [-0.05, 0) is 43.7 Å². The van der Waals surface area contributed by atoms with Crippen molar-refractivity contribution in [2.75, 3.05) is 11.9 Å². The molecule has 1 amide bonds. The first-order valence-electron chi connectivity index (χ1n) is 8.29. The van der Waals surface area contributed by atoms with Crippen molar-refractivity contribution in [3.63, 3.8) is 0 Å². The van der Waals surface area contributed by atoms with Gasteiger partial charge in [0, 0.05) is 5.69 Å². The third kappa shape index (κ3) is 5.64. The summed E-state index contributed by atoms with van der Waals surface area (Å²) in [4.78, 5) is 23.8. The highest BCUT2D eigenvalue weighted by atomic mass is 32.2. The minimum absolute atomic E-state index is 0.0470. The van der Waals surface area contributed by atoms with E-state index in [1.165, 1.54) is 31.2 Å². The van der Waals surface area contributed by atoms with Crippen LogP contribution in [0.15, 0.2) is 53.4 Å².